The van der Waals surface area contributed by atoms with Crippen molar-refractivity contribution in [3.63, 3.8) is 0 Å². The first-order chi connectivity index (χ1) is 13.5. The minimum Gasteiger partial charge on any atom is -0.449 e. The van der Waals surface area contributed by atoms with E-state index in [-0.39, 0.29) is 17.9 Å². The molecular weight excluding hydrogens is 406 g/mol. The van der Waals surface area contributed by atoms with Crippen LogP contribution in [0.3, 0.4) is 0 Å². The summed E-state index contributed by atoms with van der Waals surface area (Å²) in [5, 5.41) is 0. The molecule has 1 fully saturated rings. The molecule has 1 aromatic rings. The van der Waals surface area contributed by atoms with E-state index in [1.165, 1.54) is 18.9 Å². The molecule has 5 nitrogen and oxygen atoms in total. The molecule has 0 radical (unpaired) electrons. The van der Waals surface area contributed by atoms with Gasteiger partial charge in [-0.2, -0.15) is 0 Å². The standard InChI is InChI=1S/C22H31NO4S2/c1-13(2)16-12-29-21(28)23(16)19(24)18(27-20(25)22(4,5)6)17(26-7)15-10-8-9-14(3)11-15/h8-11,13,16-18H,12H2,1-7H3/t16-,17-,18-/m1/s1. The predicted molar refractivity (Wildman–Crippen MR) is 121 cm³/mol. The normalized spacial score (nSPS) is 19.4. The molecule has 0 saturated carbocycles. The Balaban J connectivity index is 2.47. The van der Waals surface area contributed by atoms with Crippen molar-refractivity contribution in [1.29, 1.82) is 0 Å². The van der Waals surface area contributed by atoms with Crippen molar-refractivity contribution in [1.82, 2.24) is 4.90 Å². The quantitative estimate of drug-likeness (QED) is 0.482. The zero-order valence-corrected chi connectivity index (χ0v) is 19.9. The highest BCUT2D eigenvalue weighted by Gasteiger charge is 2.44. The first-order valence-corrected chi connectivity index (χ1v) is 11.2. The topological polar surface area (TPSA) is 55.8 Å². The Kier molecular flexibility index (Phi) is 7.87. The van der Waals surface area contributed by atoms with E-state index in [0.29, 0.717) is 4.32 Å². The van der Waals surface area contributed by atoms with Crippen LogP contribution in [0.1, 0.15) is 51.8 Å². The maximum atomic E-state index is 13.7. The number of benzene rings is 1. The third-order valence-corrected chi connectivity index (χ3v) is 6.40. The third kappa shape index (κ3) is 5.58. The van der Waals surface area contributed by atoms with Gasteiger partial charge in [-0.15, -0.1) is 0 Å². The maximum absolute atomic E-state index is 13.7. The van der Waals surface area contributed by atoms with Gasteiger partial charge < -0.3 is 9.47 Å². The van der Waals surface area contributed by atoms with Crippen LogP contribution in [0.15, 0.2) is 24.3 Å². The molecule has 7 heteroatoms. The summed E-state index contributed by atoms with van der Waals surface area (Å²) in [6, 6.07) is 7.65. The zero-order valence-electron chi connectivity index (χ0n) is 18.2. The predicted octanol–water partition coefficient (Wildman–Crippen LogP) is 4.53. The Morgan fingerprint density at radius 3 is 2.45 bits per heavy atom. The summed E-state index contributed by atoms with van der Waals surface area (Å²) >= 11 is 6.95. The fourth-order valence-corrected chi connectivity index (χ4v) is 4.77. The van der Waals surface area contributed by atoms with E-state index in [2.05, 4.69) is 13.8 Å². The number of aryl methyl sites for hydroxylation is 1. The first-order valence-electron chi connectivity index (χ1n) is 9.77. The Morgan fingerprint density at radius 2 is 1.93 bits per heavy atom. The van der Waals surface area contributed by atoms with E-state index in [0.717, 1.165) is 16.9 Å². The van der Waals surface area contributed by atoms with Crippen LogP contribution in [-0.4, -0.2) is 46.1 Å². The monoisotopic (exact) mass is 437 g/mol. The fraction of sp³-hybridized carbons (Fsp3) is 0.591. The third-order valence-electron chi connectivity index (χ3n) is 4.90. The van der Waals surface area contributed by atoms with Crippen LogP contribution in [0, 0.1) is 18.3 Å². The summed E-state index contributed by atoms with van der Waals surface area (Å²) in [4.78, 5) is 28.0. The lowest BCUT2D eigenvalue weighted by Gasteiger charge is -2.34. The second-order valence-corrected chi connectivity index (χ2v) is 10.4. The van der Waals surface area contributed by atoms with E-state index in [1.54, 1.807) is 25.7 Å². The number of thiocarbonyl (C=S) groups is 1. The number of nitrogens with zero attached hydrogens (tertiary/aromatic N) is 1. The highest BCUT2D eigenvalue weighted by Crippen LogP contribution is 2.34. The van der Waals surface area contributed by atoms with E-state index >= 15 is 0 Å². The van der Waals surface area contributed by atoms with Crippen LogP contribution < -0.4 is 0 Å². The number of carbonyl (C=O) groups is 2. The highest BCUT2D eigenvalue weighted by molar-refractivity contribution is 8.23. The Morgan fingerprint density at radius 1 is 1.28 bits per heavy atom. The number of amides is 1. The van der Waals surface area contributed by atoms with E-state index in [1.807, 2.05) is 31.2 Å². The van der Waals surface area contributed by atoms with E-state index < -0.39 is 23.6 Å². The van der Waals surface area contributed by atoms with Crippen molar-refractivity contribution >= 4 is 40.2 Å². The van der Waals surface area contributed by atoms with Gasteiger partial charge in [0.05, 0.1) is 11.5 Å². The minimum absolute atomic E-state index is 0.0362. The van der Waals surface area contributed by atoms with Gasteiger partial charge in [0.1, 0.15) is 10.4 Å². The molecule has 1 saturated heterocycles. The number of ether oxygens (including phenoxy) is 2. The van der Waals surface area contributed by atoms with E-state index in [9.17, 15) is 9.59 Å². The van der Waals surface area contributed by atoms with Gasteiger partial charge in [0.25, 0.3) is 5.91 Å². The van der Waals surface area contributed by atoms with Crippen molar-refractivity contribution in [2.45, 2.75) is 59.8 Å². The van der Waals surface area contributed by atoms with Crippen LogP contribution >= 0.6 is 24.0 Å². The van der Waals surface area contributed by atoms with Crippen molar-refractivity contribution in [2.24, 2.45) is 11.3 Å². The molecule has 2 rings (SSSR count). The molecule has 0 N–H and O–H groups in total. The largest absolute Gasteiger partial charge is 0.449 e. The van der Waals surface area contributed by atoms with Gasteiger partial charge in [0.2, 0.25) is 6.10 Å². The van der Waals surface area contributed by atoms with Crippen LogP contribution in [0.25, 0.3) is 0 Å². The maximum Gasteiger partial charge on any atom is 0.312 e. The molecule has 1 heterocycles. The van der Waals surface area contributed by atoms with Gasteiger partial charge in [-0.25, -0.2) is 0 Å². The molecule has 29 heavy (non-hydrogen) atoms. The lowest BCUT2D eigenvalue weighted by Crippen LogP contribution is -2.50. The molecule has 0 unspecified atom stereocenters. The molecule has 0 spiro atoms. The zero-order chi connectivity index (χ0) is 21.9. The van der Waals surface area contributed by atoms with Crippen LogP contribution in [0.2, 0.25) is 0 Å². The van der Waals surface area contributed by atoms with Gasteiger partial charge in [0.15, 0.2) is 0 Å². The average Bonchev–Trinajstić information content (AvgIpc) is 3.02. The SMILES string of the molecule is CO[C@H](c1cccc(C)c1)[C@@H](OC(=O)C(C)(C)C)C(=O)N1C(=S)SC[C@@H]1C(C)C. The second-order valence-electron chi connectivity index (χ2n) is 8.74. The van der Waals surface area contributed by atoms with Crippen molar-refractivity contribution in [3.8, 4) is 0 Å². The smallest absolute Gasteiger partial charge is 0.312 e. The molecule has 1 aliphatic heterocycles. The summed E-state index contributed by atoms with van der Waals surface area (Å²) in [6.45, 7) is 11.4. The van der Waals surface area contributed by atoms with Crippen molar-refractivity contribution < 1.29 is 19.1 Å². The number of hydrogen-bond acceptors (Lipinski definition) is 6. The van der Waals surface area contributed by atoms with Crippen LogP contribution in [-0.2, 0) is 19.1 Å². The summed E-state index contributed by atoms with van der Waals surface area (Å²) < 4.78 is 12.0. The summed E-state index contributed by atoms with van der Waals surface area (Å²) in [6.07, 6.45) is -1.85. The average molecular weight is 438 g/mol. The Bertz CT molecular complexity index is 772. The van der Waals surface area contributed by atoms with Gasteiger partial charge >= 0.3 is 5.97 Å². The first kappa shape index (κ1) is 23.8. The number of hydrogen-bond donors (Lipinski definition) is 0. The number of carbonyl (C=O) groups excluding carboxylic acids is 2. The van der Waals surface area contributed by atoms with Gasteiger partial charge in [-0.3, -0.25) is 14.5 Å². The minimum atomic E-state index is -1.12. The molecule has 160 valence electrons. The molecule has 3 atom stereocenters. The van der Waals surface area contributed by atoms with E-state index in [4.69, 9.17) is 21.7 Å². The molecular formula is C22H31NO4S2. The summed E-state index contributed by atoms with van der Waals surface area (Å²) in [7, 11) is 1.52. The molecule has 0 aromatic heterocycles. The highest BCUT2D eigenvalue weighted by atomic mass is 32.2. The molecule has 0 aliphatic carbocycles. The lowest BCUT2D eigenvalue weighted by atomic mass is 9.96. The van der Waals surface area contributed by atoms with Gasteiger partial charge in [-0.1, -0.05) is 67.7 Å². The molecule has 0 bridgehead atoms. The molecule has 1 aliphatic rings. The van der Waals surface area contributed by atoms with Gasteiger partial charge in [0, 0.05) is 12.9 Å². The second kappa shape index (κ2) is 9.58. The number of thioether (sulfide) groups is 1. The lowest BCUT2D eigenvalue weighted by molar-refractivity contribution is -0.175. The number of methoxy groups -OCH3 is 1. The summed E-state index contributed by atoms with van der Waals surface area (Å²) in [5.74, 6) is 0.185. The van der Waals surface area contributed by atoms with Gasteiger partial charge in [-0.05, 0) is 39.2 Å². The van der Waals surface area contributed by atoms with Crippen LogP contribution in [0.4, 0.5) is 0 Å². The van der Waals surface area contributed by atoms with Crippen molar-refractivity contribution in [3.05, 3.63) is 35.4 Å². The van der Waals surface area contributed by atoms with Crippen molar-refractivity contribution in [2.75, 3.05) is 12.9 Å². The Hall–Kier alpha value is -1.44. The number of esters is 1. The number of rotatable bonds is 6. The molecule has 1 amide bonds. The fourth-order valence-electron chi connectivity index (χ4n) is 3.13. The summed E-state index contributed by atoms with van der Waals surface area (Å²) in [5.41, 5.74) is 1.07. The van der Waals surface area contributed by atoms with Crippen LogP contribution in [0.5, 0.6) is 0 Å². The molecule has 1 aromatic carbocycles. The Labute approximate surface area is 183 Å².